The lowest BCUT2D eigenvalue weighted by molar-refractivity contribution is -0.137. The van der Waals surface area contributed by atoms with Gasteiger partial charge in [0.1, 0.15) is 12.3 Å². The van der Waals surface area contributed by atoms with Gasteiger partial charge in [-0.25, -0.2) is 4.98 Å². The number of nitrogens with one attached hydrogen (secondary N) is 1. The van der Waals surface area contributed by atoms with Gasteiger partial charge in [0, 0.05) is 36.2 Å². The van der Waals surface area contributed by atoms with Crippen molar-refractivity contribution in [2.45, 2.75) is 25.1 Å². The molecule has 42 heavy (non-hydrogen) atoms. The summed E-state index contributed by atoms with van der Waals surface area (Å²) in [6.45, 7) is 0.507. The van der Waals surface area contributed by atoms with E-state index in [4.69, 9.17) is 9.47 Å². The van der Waals surface area contributed by atoms with Gasteiger partial charge in [-0.05, 0) is 55.3 Å². The van der Waals surface area contributed by atoms with Gasteiger partial charge in [0.05, 0.1) is 24.5 Å². The fourth-order valence-electron chi connectivity index (χ4n) is 4.75. The van der Waals surface area contributed by atoms with Gasteiger partial charge < -0.3 is 14.4 Å². The average molecular weight is 579 g/mol. The number of methoxy groups -OCH3 is 1. The Morgan fingerprint density at radius 1 is 1.07 bits per heavy atom. The number of carbonyl (C=O) groups is 2. The van der Waals surface area contributed by atoms with Crippen LogP contribution in [0.25, 0.3) is 16.9 Å². The highest BCUT2D eigenvalue weighted by atomic mass is 19.4. The summed E-state index contributed by atoms with van der Waals surface area (Å²) in [6, 6.07) is 20.4. The van der Waals surface area contributed by atoms with Crippen LogP contribution in [0.1, 0.15) is 28.8 Å². The molecule has 0 bridgehead atoms. The zero-order valence-electron chi connectivity index (χ0n) is 22.8. The number of nitrogens with zero attached hydrogens (tertiary/aromatic N) is 3. The van der Waals surface area contributed by atoms with Crippen LogP contribution in [0, 0.1) is 0 Å². The van der Waals surface area contributed by atoms with Gasteiger partial charge in [0.25, 0.3) is 5.91 Å². The van der Waals surface area contributed by atoms with Crippen molar-refractivity contribution in [2.24, 2.45) is 0 Å². The minimum absolute atomic E-state index is 0.101. The number of aromatic nitrogens is 2. The number of rotatable bonds is 9. The molecule has 3 aromatic carbocycles. The molecule has 1 fully saturated rings. The molecule has 0 radical (unpaired) electrons. The van der Waals surface area contributed by atoms with Gasteiger partial charge in [0.15, 0.2) is 0 Å². The molecule has 218 valence electrons. The molecule has 0 saturated carbocycles. The molecule has 1 aliphatic rings. The number of halogens is 3. The zero-order valence-corrected chi connectivity index (χ0v) is 22.8. The minimum atomic E-state index is -4.48. The van der Waals surface area contributed by atoms with Gasteiger partial charge in [-0.1, -0.05) is 36.4 Å². The molecule has 2 heterocycles. The molecule has 0 unspecified atom stereocenters. The van der Waals surface area contributed by atoms with E-state index in [2.05, 4.69) is 10.3 Å². The normalized spacial score (nSPS) is 14.9. The van der Waals surface area contributed by atoms with Crippen molar-refractivity contribution in [1.29, 1.82) is 0 Å². The molecule has 5 rings (SSSR count). The lowest BCUT2D eigenvalue weighted by Gasteiger charge is -2.25. The van der Waals surface area contributed by atoms with Crippen molar-refractivity contribution >= 4 is 17.8 Å². The molecule has 11 heteroatoms. The first-order valence-electron chi connectivity index (χ1n) is 13.4. The van der Waals surface area contributed by atoms with Crippen LogP contribution in [0.5, 0.6) is 5.75 Å². The van der Waals surface area contributed by atoms with Crippen LogP contribution in [-0.2, 0) is 15.7 Å². The first-order chi connectivity index (χ1) is 20.2. The fourth-order valence-corrected chi connectivity index (χ4v) is 4.75. The molecule has 1 aromatic heterocycles. The summed E-state index contributed by atoms with van der Waals surface area (Å²) in [6.07, 6.45) is -1.42. The van der Waals surface area contributed by atoms with Gasteiger partial charge in [-0.2, -0.15) is 13.2 Å². The van der Waals surface area contributed by atoms with Crippen LogP contribution in [0.3, 0.4) is 0 Å². The van der Waals surface area contributed by atoms with E-state index in [1.165, 1.54) is 28.7 Å². The van der Waals surface area contributed by atoms with Gasteiger partial charge in [-0.15, -0.1) is 0 Å². The third-order valence-electron chi connectivity index (χ3n) is 6.89. The van der Waals surface area contributed by atoms with Crippen LogP contribution in [0.15, 0.2) is 85.1 Å². The largest absolute Gasteiger partial charge is 0.497 e. The van der Waals surface area contributed by atoms with Crippen molar-refractivity contribution in [2.75, 3.05) is 32.1 Å². The smallest absolute Gasteiger partial charge is 0.416 e. The lowest BCUT2D eigenvalue weighted by atomic mass is 10.1. The molecule has 0 spiro atoms. The second-order valence-corrected chi connectivity index (χ2v) is 9.83. The molecule has 1 aliphatic heterocycles. The first-order valence-corrected chi connectivity index (χ1v) is 13.4. The summed E-state index contributed by atoms with van der Waals surface area (Å²) in [5, 5.41) is 2.76. The Kier molecular flexibility index (Phi) is 8.58. The van der Waals surface area contributed by atoms with E-state index in [-0.39, 0.29) is 31.0 Å². The van der Waals surface area contributed by atoms with E-state index in [0.29, 0.717) is 29.3 Å². The van der Waals surface area contributed by atoms with E-state index in [1.807, 2.05) is 30.3 Å². The van der Waals surface area contributed by atoms with E-state index >= 15 is 0 Å². The number of hydrogen-bond donors (Lipinski definition) is 1. The van der Waals surface area contributed by atoms with Crippen molar-refractivity contribution in [3.05, 3.63) is 96.2 Å². The molecular weight excluding hydrogens is 549 g/mol. The van der Waals surface area contributed by atoms with Gasteiger partial charge >= 0.3 is 6.18 Å². The van der Waals surface area contributed by atoms with Crippen LogP contribution >= 0.6 is 0 Å². The summed E-state index contributed by atoms with van der Waals surface area (Å²) in [5.41, 5.74) is 1.21. The quantitative estimate of drug-likeness (QED) is 0.270. The molecule has 8 nitrogen and oxygen atoms in total. The van der Waals surface area contributed by atoms with Gasteiger partial charge in [-0.3, -0.25) is 19.5 Å². The van der Waals surface area contributed by atoms with E-state index in [9.17, 15) is 22.8 Å². The van der Waals surface area contributed by atoms with Crippen LogP contribution in [0.2, 0.25) is 0 Å². The predicted molar refractivity (Wildman–Crippen MR) is 151 cm³/mol. The Balaban J connectivity index is 1.42. The maximum Gasteiger partial charge on any atom is 0.416 e. The maximum atomic E-state index is 13.5. The minimum Gasteiger partial charge on any atom is -0.497 e. The lowest BCUT2D eigenvalue weighted by Crippen LogP contribution is -2.42. The molecule has 1 atom stereocenters. The molecule has 0 aliphatic carbocycles. The van der Waals surface area contributed by atoms with Crippen molar-refractivity contribution in [3.63, 3.8) is 0 Å². The van der Waals surface area contributed by atoms with Gasteiger partial charge in [0.2, 0.25) is 11.9 Å². The summed E-state index contributed by atoms with van der Waals surface area (Å²) < 4.78 is 52.0. The van der Waals surface area contributed by atoms with Crippen molar-refractivity contribution in [3.8, 4) is 22.7 Å². The molecule has 2 amide bonds. The standard InChI is InChI=1S/C31H29F3N4O4/c1-41-25-10-5-9-22(17-25)29(40)37(18-26-11-6-16-42-26)20-28(39)36-30-35-27(21-7-3-2-4-8-21)19-38(30)24-14-12-23(13-15-24)31(32,33)34/h2-5,7-10,12-15,17,19,26H,6,11,16,18,20H2,1H3,(H,35,36,39)/t26-/m0/s1. The number of hydrogen-bond acceptors (Lipinski definition) is 5. The first kappa shape index (κ1) is 28.9. The molecule has 4 aromatic rings. The van der Waals surface area contributed by atoms with E-state index in [0.717, 1.165) is 30.5 Å². The maximum absolute atomic E-state index is 13.5. The van der Waals surface area contributed by atoms with Crippen LogP contribution in [-0.4, -0.2) is 59.2 Å². The topological polar surface area (TPSA) is 85.7 Å². The molecule has 1 N–H and O–H groups in total. The molecule has 1 saturated heterocycles. The van der Waals surface area contributed by atoms with Crippen molar-refractivity contribution < 1.29 is 32.2 Å². The Morgan fingerprint density at radius 2 is 1.83 bits per heavy atom. The highest BCUT2D eigenvalue weighted by Crippen LogP contribution is 2.31. The summed E-state index contributed by atoms with van der Waals surface area (Å²) in [7, 11) is 1.50. The van der Waals surface area contributed by atoms with Crippen LogP contribution < -0.4 is 10.1 Å². The number of anilines is 1. The third-order valence-corrected chi connectivity index (χ3v) is 6.89. The molecular formula is C31H29F3N4O4. The number of imidazole rings is 1. The summed E-state index contributed by atoms with van der Waals surface area (Å²) in [5.74, 6) is -0.280. The second kappa shape index (κ2) is 12.5. The zero-order chi connectivity index (χ0) is 29.7. The number of benzene rings is 3. The Hall–Kier alpha value is -4.64. The number of ether oxygens (including phenoxy) is 2. The highest BCUT2D eigenvalue weighted by molar-refractivity contribution is 5.99. The Morgan fingerprint density at radius 3 is 2.50 bits per heavy atom. The number of amides is 2. The number of carbonyl (C=O) groups excluding carboxylic acids is 2. The SMILES string of the molecule is COc1cccc(C(=O)N(CC(=O)Nc2nc(-c3ccccc3)cn2-c2ccc(C(F)(F)F)cc2)C[C@@H]2CCCO2)c1. The number of alkyl halides is 3. The Bertz CT molecular complexity index is 1530. The monoisotopic (exact) mass is 578 g/mol. The summed E-state index contributed by atoms with van der Waals surface area (Å²) >= 11 is 0. The van der Waals surface area contributed by atoms with E-state index < -0.39 is 17.6 Å². The predicted octanol–water partition coefficient (Wildman–Crippen LogP) is 5.83. The van der Waals surface area contributed by atoms with Crippen LogP contribution in [0.4, 0.5) is 19.1 Å². The Labute approximate surface area is 240 Å². The van der Waals surface area contributed by atoms with E-state index in [1.54, 1.807) is 30.5 Å². The third kappa shape index (κ3) is 6.80. The average Bonchev–Trinajstić information content (AvgIpc) is 3.67. The summed E-state index contributed by atoms with van der Waals surface area (Å²) in [4.78, 5) is 32.9. The fraction of sp³-hybridized carbons (Fsp3) is 0.258. The highest BCUT2D eigenvalue weighted by Gasteiger charge is 2.30. The van der Waals surface area contributed by atoms with Crippen molar-refractivity contribution in [1.82, 2.24) is 14.5 Å². The second-order valence-electron chi connectivity index (χ2n) is 9.83.